The molecule has 0 spiro atoms. The molecule has 1 aliphatic rings. The molecule has 0 aliphatic heterocycles. The van der Waals surface area contributed by atoms with E-state index in [-0.39, 0.29) is 0 Å². The second-order valence-corrected chi connectivity index (χ2v) is 7.37. The fourth-order valence-corrected chi connectivity index (χ4v) is 3.79. The van der Waals surface area contributed by atoms with Gasteiger partial charge < -0.3 is 5.32 Å². The Hall–Kier alpha value is -0.340. The molecule has 0 heterocycles. The predicted molar refractivity (Wildman–Crippen MR) is 91.0 cm³/mol. The number of benzene rings is 1. The molecule has 1 N–H and O–H groups in total. The van der Waals surface area contributed by atoms with Crippen molar-refractivity contribution in [1.29, 1.82) is 0 Å². The van der Waals surface area contributed by atoms with Crippen molar-refractivity contribution in [3.8, 4) is 0 Å². The Morgan fingerprint density at radius 2 is 1.85 bits per heavy atom. The van der Waals surface area contributed by atoms with Gasteiger partial charge in [-0.15, -0.1) is 0 Å². The summed E-state index contributed by atoms with van der Waals surface area (Å²) in [7, 11) is 0. The van der Waals surface area contributed by atoms with E-state index >= 15 is 0 Å². The van der Waals surface area contributed by atoms with Gasteiger partial charge in [0, 0.05) is 10.5 Å². The quantitative estimate of drug-likeness (QED) is 0.753. The lowest BCUT2D eigenvalue weighted by Gasteiger charge is -2.31. The summed E-state index contributed by atoms with van der Waals surface area (Å²) in [5, 5.41) is 3.67. The van der Waals surface area contributed by atoms with Crippen LogP contribution in [0.4, 0.5) is 0 Å². The number of nitrogens with one attached hydrogen (secondary N) is 1. The normalized spacial score (nSPS) is 18.4. The molecule has 2 rings (SSSR count). The minimum atomic E-state index is 0.584. The molecule has 0 bridgehead atoms. The summed E-state index contributed by atoms with van der Waals surface area (Å²) in [6.45, 7) is 5.65. The van der Waals surface area contributed by atoms with E-state index in [1.54, 1.807) is 0 Å². The molecule has 20 heavy (non-hydrogen) atoms. The maximum atomic E-state index is 3.71. The number of hydrogen-bond acceptors (Lipinski definition) is 1. The van der Waals surface area contributed by atoms with Crippen LogP contribution >= 0.6 is 15.9 Å². The topological polar surface area (TPSA) is 12.0 Å². The first kappa shape index (κ1) is 16.0. The van der Waals surface area contributed by atoms with Crippen LogP contribution in [0.2, 0.25) is 0 Å². The zero-order chi connectivity index (χ0) is 14.4. The minimum Gasteiger partial charge on any atom is -0.314 e. The Balaban J connectivity index is 2.03. The summed E-state index contributed by atoms with van der Waals surface area (Å²) in [4.78, 5) is 0. The molecule has 1 aliphatic carbocycles. The van der Waals surface area contributed by atoms with E-state index in [0.717, 1.165) is 18.4 Å². The molecule has 0 amide bonds. The average Bonchev–Trinajstić information content (AvgIpc) is 2.46. The molecular weight excluding hydrogens is 310 g/mol. The van der Waals surface area contributed by atoms with E-state index in [2.05, 4.69) is 59.4 Å². The molecule has 1 unspecified atom stereocenters. The first-order chi connectivity index (χ1) is 9.66. The van der Waals surface area contributed by atoms with Crippen molar-refractivity contribution in [2.75, 3.05) is 6.54 Å². The highest BCUT2D eigenvalue weighted by atomic mass is 79.9. The fraction of sp³-hybridized carbons (Fsp3) is 0.667. The monoisotopic (exact) mass is 337 g/mol. The molecule has 1 aromatic rings. The predicted octanol–water partition coefficient (Wildman–Crippen LogP) is 5.19. The van der Waals surface area contributed by atoms with Gasteiger partial charge in [0.25, 0.3) is 0 Å². The van der Waals surface area contributed by atoms with Crippen LogP contribution in [0.15, 0.2) is 28.7 Å². The molecule has 1 fully saturated rings. The molecule has 1 aromatic carbocycles. The van der Waals surface area contributed by atoms with E-state index in [4.69, 9.17) is 0 Å². The summed E-state index contributed by atoms with van der Waals surface area (Å²) in [5.41, 5.74) is 1.47. The van der Waals surface area contributed by atoms with Gasteiger partial charge in [-0.3, -0.25) is 0 Å². The van der Waals surface area contributed by atoms with Gasteiger partial charge in [0.2, 0.25) is 0 Å². The smallest absolute Gasteiger partial charge is 0.0207 e. The molecule has 1 nitrogen and oxygen atoms in total. The van der Waals surface area contributed by atoms with Gasteiger partial charge in [0.15, 0.2) is 0 Å². The van der Waals surface area contributed by atoms with Gasteiger partial charge in [0.05, 0.1) is 0 Å². The van der Waals surface area contributed by atoms with Crippen LogP contribution in [0.25, 0.3) is 0 Å². The van der Waals surface area contributed by atoms with Gasteiger partial charge in [-0.05, 0) is 36.4 Å². The van der Waals surface area contributed by atoms with Gasteiger partial charge in [-0.1, -0.05) is 80.1 Å². The first-order valence-electron chi connectivity index (χ1n) is 8.13. The highest BCUT2D eigenvalue weighted by Crippen LogP contribution is 2.33. The molecule has 0 radical (unpaired) electrons. The van der Waals surface area contributed by atoms with E-state index in [0.29, 0.717) is 6.04 Å². The van der Waals surface area contributed by atoms with Crippen LogP contribution in [0, 0.1) is 11.8 Å². The van der Waals surface area contributed by atoms with Crippen molar-refractivity contribution in [2.45, 2.75) is 58.4 Å². The van der Waals surface area contributed by atoms with E-state index in [1.807, 2.05) is 0 Å². The second-order valence-electron chi connectivity index (χ2n) is 6.52. The van der Waals surface area contributed by atoms with Crippen molar-refractivity contribution < 1.29 is 0 Å². The summed E-state index contributed by atoms with van der Waals surface area (Å²) in [6, 6.07) is 9.29. The zero-order valence-corrected chi connectivity index (χ0v) is 14.5. The van der Waals surface area contributed by atoms with Crippen LogP contribution in [0.1, 0.15) is 51.5 Å². The Bertz CT molecular complexity index is 396. The molecular formula is C18H28BrN. The Morgan fingerprint density at radius 3 is 2.50 bits per heavy atom. The van der Waals surface area contributed by atoms with Crippen LogP contribution in [-0.4, -0.2) is 12.6 Å². The van der Waals surface area contributed by atoms with Crippen molar-refractivity contribution in [3.05, 3.63) is 34.3 Å². The van der Waals surface area contributed by atoms with Crippen molar-refractivity contribution >= 4 is 15.9 Å². The largest absolute Gasteiger partial charge is 0.314 e. The maximum absolute atomic E-state index is 3.71. The Labute approximate surface area is 132 Å². The second kappa shape index (κ2) is 8.19. The minimum absolute atomic E-state index is 0.584. The average molecular weight is 338 g/mol. The molecule has 2 heteroatoms. The molecule has 1 saturated carbocycles. The Morgan fingerprint density at radius 1 is 1.15 bits per heavy atom. The van der Waals surface area contributed by atoms with E-state index < -0.39 is 0 Å². The van der Waals surface area contributed by atoms with Crippen LogP contribution in [0.5, 0.6) is 0 Å². The number of rotatable bonds is 6. The van der Waals surface area contributed by atoms with E-state index in [9.17, 15) is 0 Å². The molecule has 0 aromatic heterocycles. The number of halogens is 1. The number of hydrogen-bond donors (Lipinski definition) is 1. The summed E-state index contributed by atoms with van der Waals surface area (Å²) < 4.78 is 1.27. The molecule has 1 atom stereocenters. The van der Waals surface area contributed by atoms with Gasteiger partial charge in [-0.2, -0.15) is 0 Å². The zero-order valence-electron chi connectivity index (χ0n) is 12.9. The molecule has 112 valence electrons. The van der Waals surface area contributed by atoms with Crippen LogP contribution < -0.4 is 5.32 Å². The maximum Gasteiger partial charge on any atom is 0.0207 e. The lowest BCUT2D eigenvalue weighted by molar-refractivity contribution is 0.236. The van der Waals surface area contributed by atoms with Crippen LogP contribution in [0.3, 0.4) is 0 Å². The van der Waals surface area contributed by atoms with Crippen molar-refractivity contribution in [3.63, 3.8) is 0 Å². The van der Waals surface area contributed by atoms with Gasteiger partial charge in [-0.25, -0.2) is 0 Å². The Kier molecular flexibility index (Phi) is 6.57. The fourth-order valence-electron chi connectivity index (χ4n) is 3.34. The summed E-state index contributed by atoms with van der Waals surface area (Å²) >= 11 is 3.71. The van der Waals surface area contributed by atoms with Gasteiger partial charge in [0.1, 0.15) is 0 Å². The van der Waals surface area contributed by atoms with E-state index in [1.165, 1.54) is 48.6 Å². The van der Waals surface area contributed by atoms with Gasteiger partial charge >= 0.3 is 0 Å². The van der Waals surface area contributed by atoms with Crippen molar-refractivity contribution in [1.82, 2.24) is 5.32 Å². The third-order valence-electron chi connectivity index (χ3n) is 4.54. The standard InChI is InChI=1S/C18H28BrN/c1-14(2)20-13-17(15-8-4-3-5-9-15)12-16-10-6-7-11-18(16)19/h6-7,10-11,14-15,17,20H,3-5,8-9,12-13H2,1-2H3. The third kappa shape index (κ3) is 4.89. The lowest BCUT2D eigenvalue weighted by atomic mass is 9.77. The van der Waals surface area contributed by atoms with Crippen molar-refractivity contribution in [2.24, 2.45) is 11.8 Å². The SMILES string of the molecule is CC(C)NCC(Cc1ccccc1Br)C1CCCCC1. The van der Waals surface area contributed by atoms with Crippen LogP contribution in [-0.2, 0) is 6.42 Å². The highest BCUT2D eigenvalue weighted by Gasteiger charge is 2.24. The highest BCUT2D eigenvalue weighted by molar-refractivity contribution is 9.10. The third-order valence-corrected chi connectivity index (χ3v) is 5.32. The summed E-state index contributed by atoms with van der Waals surface area (Å²) in [5.74, 6) is 1.68. The summed E-state index contributed by atoms with van der Waals surface area (Å²) in [6.07, 6.45) is 8.35. The first-order valence-corrected chi connectivity index (χ1v) is 8.93. The molecule has 0 saturated heterocycles. The lowest BCUT2D eigenvalue weighted by Crippen LogP contribution is -2.34.